The van der Waals surface area contributed by atoms with Crippen LogP contribution in [0.5, 0.6) is 0 Å². The molecule has 0 aliphatic heterocycles. The molecule has 3 heteroatoms. The Morgan fingerprint density at radius 3 is 2.62 bits per heavy atom. The van der Waals surface area contributed by atoms with Crippen LogP contribution >= 0.6 is 15.9 Å². The molecule has 1 aromatic rings. The van der Waals surface area contributed by atoms with Crippen molar-refractivity contribution in [2.75, 3.05) is 17.6 Å². The Morgan fingerprint density at radius 1 is 1.38 bits per heavy atom. The first-order valence-electron chi connectivity index (χ1n) is 5.73. The first-order valence-corrected chi connectivity index (χ1v) is 6.53. The smallest absolute Gasteiger partial charge is 0.0574 e. The minimum Gasteiger partial charge on any atom is -0.397 e. The molecule has 16 heavy (non-hydrogen) atoms. The molecule has 0 saturated carbocycles. The molecule has 0 spiro atoms. The molecule has 0 heterocycles. The van der Waals surface area contributed by atoms with Crippen LogP contribution in [-0.4, -0.2) is 6.54 Å². The Bertz CT molecular complexity index is 348. The van der Waals surface area contributed by atoms with Crippen LogP contribution in [0.4, 0.5) is 11.4 Å². The van der Waals surface area contributed by atoms with Gasteiger partial charge < -0.3 is 11.1 Å². The van der Waals surface area contributed by atoms with E-state index in [0.717, 1.165) is 22.4 Å². The summed E-state index contributed by atoms with van der Waals surface area (Å²) in [5.74, 6) is 0. The maximum atomic E-state index is 5.93. The fourth-order valence-electron chi connectivity index (χ4n) is 1.79. The van der Waals surface area contributed by atoms with Gasteiger partial charge >= 0.3 is 0 Å². The molecule has 0 bridgehead atoms. The van der Waals surface area contributed by atoms with Gasteiger partial charge in [-0.15, -0.1) is 0 Å². The SMILES string of the molecule is CCCC(C)(C)CNc1ccc(Br)cc1N. The molecule has 0 aliphatic carbocycles. The third-order valence-electron chi connectivity index (χ3n) is 2.70. The lowest BCUT2D eigenvalue weighted by Gasteiger charge is -2.25. The molecule has 0 amide bonds. The second-order valence-electron chi connectivity index (χ2n) is 5.00. The molecular formula is C13H21BrN2. The Labute approximate surface area is 107 Å². The van der Waals surface area contributed by atoms with Crippen molar-refractivity contribution in [3.05, 3.63) is 22.7 Å². The van der Waals surface area contributed by atoms with E-state index in [-0.39, 0.29) is 0 Å². The van der Waals surface area contributed by atoms with Gasteiger partial charge in [-0.1, -0.05) is 43.1 Å². The quantitative estimate of drug-likeness (QED) is 0.793. The van der Waals surface area contributed by atoms with Crippen LogP contribution in [0.1, 0.15) is 33.6 Å². The predicted octanol–water partition coefficient (Wildman–Crippen LogP) is 4.27. The summed E-state index contributed by atoms with van der Waals surface area (Å²) in [7, 11) is 0. The van der Waals surface area contributed by atoms with Crippen LogP contribution in [0.2, 0.25) is 0 Å². The van der Waals surface area contributed by atoms with Gasteiger partial charge in [0.1, 0.15) is 0 Å². The maximum Gasteiger partial charge on any atom is 0.0574 e. The number of rotatable bonds is 5. The summed E-state index contributed by atoms with van der Waals surface area (Å²) in [4.78, 5) is 0. The molecule has 0 atom stereocenters. The van der Waals surface area contributed by atoms with Gasteiger partial charge in [-0.05, 0) is 30.0 Å². The number of halogens is 1. The Hall–Kier alpha value is -0.700. The highest BCUT2D eigenvalue weighted by Gasteiger charge is 2.16. The van der Waals surface area contributed by atoms with E-state index >= 15 is 0 Å². The highest BCUT2D eigenvalue weighted by Crippen LogP contribution is 2.26. The van der Waals surface area contributed by atoms with E-state index in [2.05, 4.69) is 42.0 Å². The van der Waals surface area contributed by atoms with Crippen molar-refractivity contribution in [2.24, 2.45) is 5.41 Å². The molecule has 1 aromatic carbocycles. The summed E-state index contributed by atoms with van der Waals surface area (Å²) < 4.78 is 1.02. The lowest BCUT2D eigenvalue weighted by molar-refractivity contribution is 0.355. The van der Waals surface area contributed by atoms with Gasteiger partial charge in [-0.2, -0.15) is 0 Å². The van der Waals surface area contributed by atoms with Gasteiger partial charge in [-0.25, -0.2) is 0 Å². The molecule has 2 nitrogen and oxygen atoms in total. The lowest BCUT2D eigenvalue weighted by atomic mass is 9.88. The van der Waals surface area contributed by atoms with Crippen LogP contribution in [-0.2, 0) is 0 Å². The number of anilines is 2. The number of benzene rings is 1. The van der Waals surface area contributed by atoms with Crippen LogP contribution in [0.3, 0.4) is 0 Å². The second-order valence-corrected chi connectivity index (χ2v) is 5.92. The minimum absolute atomic E-state index is 0.314. The van der Waals surface area contributed by atoms with Crippen molar-refractivity contribution in [3.63, 3.8) is 0 Å². The summed E-state index contributed by atoms with van der Waals surface area (Å²) in [6, 6.07) is 5.95. The average Bonchev–Trinajstić information content (AvgIpc) is 2.16. The fourth-order valence-corrected chi connectivity index (χ4v) is 2.17. The highest BCUT2D eigenvalue weighted by molar-refractivity contribution is 9.10. The van der Waals surface area contributed by atoms with Crippen molar-refractivity contribution in [1.29, 1.82) is 0 Å². The zero-order valence-corrected chi connectivity index (χ0v) is 11.9. The van der Waals surface area contributed by atoms with E-state index in [1.54, 1.807) is 0 Å². The van der Waals surface area contributed by atoms with Crippen LogP contribution in [0.15, 0.2) is 22.7 Å². The first-order chi connectivity index (χ1) is 7.44. The van der Waals surface area contributed by atoms with Gasteiger partial charge in [0.05, 0.1) is 11.4 Å². The van der Waals surface area contributed by atoms with Gasteiger partial charge in [0.2, 0.25) is 0 Å². The van der Waals surface area contributed by atoms with E-state index in [1.165, 1.54) is 12.8 Å². The minimum atomic E-state index is 0.314. The van der Waals surface area contributed by atoms with Crippen molar-refractivity contribution in [2.45, 2.75) is 33.6 Å². The average molecular weight is 285 g/mol. The number of hydrogen-bond acceptors (Lipinski definition) is 2. The van der Waals surface area contributed by atoms with Crippen LogP contribution in [0.25, 0.3) is 0 Å². The van der Waals surface area contributed by atoms with E-state index in [1.807, 2.05) is 18.2 Å². The largest absolute Gasteiger partial charge is 0.397 e. The second kappa shape index (κ2) is 5.58. The Balaban J connectivity index is 2.61. The monoisotopic (exact) mass is 284 g/mol. The number of nitrogens with one attached hydrogen (secondary N) is 1. The predicted molar refractivity (Wildman–Crippen MR) is 75.7 cm³/mol. The normalized spacial score (nSPS) is 11.5. The van der Waals surface area contributed by atoms with E-state index in [4.69, 9.17) is 5.73 Å². The summed E-state index contributed by atoms with van der Waals surface area (Å²) in [6.07, 6.45) is 2.43. The zero-order valence-electron chi connectivity index (χ0n) is 10.3. The van der Waals surface area contributed by atoms with E-state index in [0.29, 0.717) is 5.41 Å². The van der Waals surface area contributed by atoms with Crippen molar-refractivity contribution in [3.8, 4) is 0 Å². The summed E-state index contributed by atoms with van der Waals surface area (Å²) in [5, 5.41) is 3.42. The summed E-state index contributed by atoms with van der Waals surface area (Å²) in [6.45, 7) is 7.72. The summed E-state index contributed by atoms with van der Waals surface area (Å²) >= 11 is 3.40. The third kappa shape index (κ3) is 4.05. The van der Waals surface area contributed by atoms with Crippen LogP contribution in [0, 0.1) is 5.41 Å². The van der Waals surface area contributed by atoms with Gasteiger partial charge in [0.15, 0.2) is 0 Å². The van der Waals surface area contributed by atoms with Crippen molar-refractivity contribution in [1.82, 2.24) is 0 Å². The molecule has 3 N–H and O–H groups in total. The van der Waals surface area contributed by atoms with E-state index < -0.39 is 0 Å². The molecule has 0 unspecified atom stereocenters. The summed E-state index contributed by atoms with van der Waals surface area (Å²) in [5.41, 5.74) is 8.06. The Morgan fingerprint density at radius 2 is 2.06 bits per heavy atom. The van der Waals surface area contributed by atoms with Gasteiger partial charge in [-0.3, -0.25) is 0 Å². The Kier molecular flexibility index (Phi) is 4.66. The first kappa shape index (κ1) is 13.4. The van der Waals surface area contributed by atoms with E-state index in [9.17, 15) is 0 Å². The van der Waals surface area contributed by atoms with Gasteiger partial charge in [0, 0.05) is 11.0 Å². The fraction of sp³-hybridized carbons (Fsp3) is 0.538. The maximum absolute atomic E-state index is 5.93. The molecular weight excluding hydrogens is 264 g/mol. The molecule has 0 radical (unpaired) electrons. The molecule has 0 aliphatic rings. The van der Waals surface area contributed by atoms with Gasteiger partial charge in [0.25, 0.3) is 0 Å². The van der Waals surface area contributed by atoms with Crippen molar-refractivity contribution >= 4 is 27.3 Å². The number of hydrogen-bond donors (Lipinski definition) is 2. The number of nitrogens with two attached hydrogens (primary N) is 1. The topological polar surface area (TPSA) is 38.0 Å². The third-order valence-corrected chi connectivity index (χ3v) is 3.19. The molecule has 0 aromatic heterocycles. The highest BCUT2D eigenvalue weighted by atomic mass is 79.9. The molecule has 0 saturated heterocycles. The zero-order chi connectivity index (χ0) is 12.2. The molecule has 90 valence electrons. The lowest BCUT2D eigenvalue weighted by Crippen LogP contribution is -2.23. The van der Waals surface area contributed by atoms with Crippen molar-refractivity contribution < 1.29 is 0 Å². The standard InChI is InChI=1S/C13H21BrN2/c1-4-7-13(2,3)9-16-12-6-5-10(14)8-11(12)15/h5-6,8,16H,4,7,9,15H2,1-3H3. The molecule has 1 rings (SSSR count). The molecule has 0 fully saturated rings. The van der Waals surface area contributed by atoms with Crippen LogP contribution < -0.4 is 11.1 Å². The number of nitrogen functional groups attached to an aromatic ring is 1.